The van der Waals surface area contributed by atoms with Gasteiger partial charge in [-0.3, -0.25) is 10.1 Å². The van der Waals surface area contributed by atoms with E-state index in [9.17, 15) is 10.1 Å². The summed E-state index contributed by atoms with van der Waals surface area (Å²) in [5, 5.41) is 10.4. The van der Waals surface area contributed by atoms with Crippen molar-refractivity contribution in [2.45, 2.75) is 18.9 Å². The molecule has 10 heavy (non-hydrogen) atoms. The van der Waals surface area contributed by atoms with Crippen molar-refractivity contribution in [1.29, 1.82) is 0 Å². The van der Waals surface area contributed by atoms with Gasteiger partial charge < -0.3 is 0 Å². The van der Waals surface area contributed by atoms with E-state index < -0.39 is 0 Å². The lowest BCUT2D eigenvalue weighted by Crippen LogP contribution is -2.23. The standard InChI is InChI=1S/C7H9NO2/c9-8(10)7-4-5-1-2-6(7)3-5/h1-2,5-7H,3-4H2/t5-,6-,7+/m0/s1. The summed E-state index contributed by atoms with van der Waals surface area (Å²) >= 11 is 0. The molecule has 0 heterocycles. The third kappa shape index (κ3) is 0.664. The number of allylic oxidation sites excluding steroid dienone is 1. The molecule has 0 aliphatic heterocycles. The molecule has 0 unspecified atom stereocenters. The molecule has 2 aliphatic carbocycles. The van der Waals surface area contributed by atoms with Gasteiger partial charge in [0.1, 0.15) is 0 Å². The van der Waals surface area contributed by atoms with Gasteiger partial charge in [-0.05, 0) is 12.3 Å². The molecule has 0 amide bonds. The zero-order valence-electron chi connectivity index (χ0n) is 5.56. The quantitative estimate of drug-likeness (QED) is 0.311. The molecule has 2 aliphatic rings. The fourth-order valence-electron chi connectivity index (χ4n) is 1.99. The Morgan fingerprint density at radius 3 is 2.50 bits per heavy atom. The maximum absolute atomic E-state index is 10.4. The highest BCUT2D eigenvalue weighted by atomic mass is 16.6. The van der Waals surface area contributed by atoms with E-state index in [0.29, 0.717) is 5.92 Å². The van der Waals surface area contributed by atoms with E-state index in [2.05, 4.69) is 6.08 Å². The summed E-state index contributed by atoms with van der Waals surface area (Å²) < 4.78 is 0. The average Bonchev–Trinajstić information content (AvgIpc) is 2.44. The maximum atomic E-state index is 10.4. The second-order valence-electron chi connectivity index (χ2n) is 3.13. The molecule has 0 aromatic carbocycles. The largest absolute Gasteiger partial charge is 0.264 e. The van der Waals surface area contributed by atoms with Crippen LogP contribution in [0.3, 0.4) is 0 Å². The zero-order chi connectivity index (χ0) is 7.14. The summed E-state index contributed by atoms with van der Waals surface area (Å²) in [6.45, 7) is 0. The number of nitro groups is 1. The summed E-state index contributed by atoms with van der Waals surface area (Å²) in [4.78, 5) is 10.2. The molecule has 1 saturated carbocycles. The van der Waals surface area contributed by atoms with E-state index in [1.165, 1.54) is 0 Å². The lowest BCUT2D eigenvalue weighted by molar-refractivity contribution is -0.527. The highest BCUT2D eigenvalue weighted by molar-refractivity contribution is 5.10. The Labute approximate surface area is 58.9 Å². The van der Waals surface area contributed by atoms with Crippen LogP contribution in [0.5, 0.6) is 0 Å². The van der Waals surface area contributed by atoms with E-state index in [0.717, 1.165) is 12.8 Å². The average molecular weight is 139 g/mol. The van der Waals surface area contributed by atoms with E-state index in [4.69, 9.17) is 0 Å². The Hall–Kier alpha value is -0.860. The van der Waals surface area contributed by atoms with Gasteiger partial charge in [0.05, 0.1) is 0 Å². The van der Waals surface area contributed by atoms with Gasteiger partial charge in [-0.25, -0.2) is 0 Å². The monoisotopic (exact) mass is 139 g/mol. The van der Waals surface area contributed by atoms with E-state index in [-0.39, 0.29) is 16.9 Å². The number of hydrogen-bond acceptors (Lipinski definition) is 2. The summed E-state index contributed by atoms with van der Waals surface area (Å²) in [5.74, 6) is 0.764. The molecule has 0 N–H and O–H groups in total. The van der Waals surface area contributed by atoms with Crippen LogP contribution in [-0.2, 0) is 0 Å². The van der Waals surface area contributed by atoms with Gasteiger partial charge in [0.25, 0.3) is 0 Å². The Kier molecular flexibility index (Phi) is 1.07. The molecule has 54 valence electrons. The minimum atomic E-state index is -0.269. The maximum Gasteiger partial charge on any atom is 0.219 e. The molecular formula is C7H9NO2. The lowest BCUT2D eigenvalue weighted by atomic mass is 10.0. The van der Waals surface area contributed by atoms with Crippen LogP contribution in [0.25, 0.3) is 0 Å². The van der Waals surface area contributed by atoms with Gasteiger partial charge in [0, 0.05) is 17.3 Å². The van der Waals surface area contributed by atoms with Crippen LogP contribution in [0.2, 0.25) is 0 Å². The summed E-state index contributed by atoms with van der Waals surface area (Å²) in [6.07, 6.45) is 5.91. The number of hydrogen-bond donors (Lipinski definition) is 0. The predicted octanol–water partition coefficient (Wildman–Crippen LogP) is 1.23. The van der Waals surface area contributed by atoms with Gasteiger partial charge in [-0.1, -0.05) is 12.2 Å². The molecule has 0 radical (unpaired) electrons. The van der Waals surface area contributed by atoms with Crippen LogP contribution in [0.15, 0.2) is 12.2 Å². The highest BCUT2D eigenvalue weighted by Gasteiger charge is 2.42. The Morgan fingerprint density at radius 2 is 2.20 bits per heavy atom. The first-order valence-electron chi connectivity index (χ1n) is 3.59. The predicted molar refractivity (Wildman–Crippen MR) is 36.1 cm³/mol. The van der Waals surface area contributed by atoms with Crippen LogP contribution < -0.4 is 0 Å². The first-order chi connectivity index (χ1) is 4.77. The minimum absolute atomic E-state index is 0.131. The van der Waals surface area contributed by atoms with E-state index in [1.807, 2.05) is 6.08 Å². The van der Waals surface area contributed by atoms with Crippen molar-refractivity contribution < 1.29 is 4.92 Å². The SMILES string of the molecule is O=[N+]([O-])[C@@H]1C[C@H]2C=C[C@H]1C2. The van der Waals surface area contributed by atoms with Crippen molar-refractivity contribution in [1.82, 2.24) is 0 Å². The summed E-state index contributed by atoms with van der Waals surface area (Å²) in [5.41, 5.74) is 0. The normalized spacial score (nSPS) is 42.6. The molecule has 0 saturated heterocycles. The molecule has 3 nitrogen and oxygen atoms in total. The molecule has 3 heteroatoms. The molecule has 3 atom stereocenters. The van der Waals surface area contributed by atoms with Gasteiger partial charge in [-0.15, -0.1) is 0 Å². The second kappa shape index (κ2) is 1.81. The first-order valence-corrected chi connectivity index (χ1v) is 3.59. The van der Waals surface area contributed by atoms with Crippen LogP contribution in [0, 0.1) is 22.0 Å². The Morgan fingerprint density at radius 1 is 1.40 bits per heavy atom. The Bertz CT molecular complexity index is 200. The van der Waals surface area contributed by atoms with Gasteiger partial charge >= 0.3 is 0 Å². The van der Waals surface area contributed by atoms with Crippen molar-refractivity contribution in [2.75, 3.05) is 0 Å². The molecular weight excluding hydrogens is 130 g/mol. The van der Waals surface area contributed by atoms with Gasteiger partial charge in [0.2, 0.25) is 6.04 Å². The van der Waals surface area contributed by atoms with Crippen molar-refractivity contribution >= 4 is 0 Å². The highest BCUT2D eigenvalue weighted by Crippen LogP contribution is 2.40. The molecule has 0 aromatic heterocycles. The molecule has 2 rings (SSSR count). The fourth-order valence-corrected chi connectivity index (χ4v) is 1.99. The lowest BCUT2D eigenvalue weighted by Gasteiger charge is -2.08. The summed E-state index contributed by atoms with van der Waals surface area (Å²) in [7, 11) is 0. The second-order valence-corrected chi connectivity index (χ2v) is 3.13. The van der Waals surface area contributed by atoms with Gasteiger partial charge in [-0.2, -0.15) is 0 Å². The third-order valence-electron chi connectivity index (χ3n) is 2.51. The van der Waals surface area contributed by atoms with Crippen LogP contribution in [-0.4, -0.2) is 11.0 Å². The Balaban J connectivity index is 2.16. The van der Waals surface area contributed by atoms with Crippen molar-refractivity contribution in [3.05, 3.63) is 22.3 Å². The van der Waals surface area contributed by atoms with E-state index >= 15 is 0 Å². The topological polar surface area (TPSA) is 43.1 Å². The van der Waals surface area contributed by atoms with Crippen molar-refractivity contribution in [3.63, 3.8) is 0 Å². The first kappa shape index (κ1) is 5.89. The van der Waals surface area contributed by atoms with Gasteiger partial charge in [0.15, 0.2) is 0 Å². The van der Waals surface area contributed by atoms with Crippen molar-refractivity contribution in [2.24, 2.45) is 11.8 Å². The fraction of sp³-hybridized carbons (Fsp3) is 0.714. The number of rotatable bonds is 1. The van der Waals surface area contributed by atoms with E-state index in [1.54, 1.807) is 0 Å². The molecule has 1 fully saturated rings. The number of fused-ring (bicyclic) bond motifs is 2. The third-order valence-corrected chi connectivity index (χ3v) is 2.51. The van der Waals surface area contributed by atoms with Crippen LogP contribution in [0.4, 0.5) is 0 Å². The summed E-state index contributed by atoms with van der Waals surface area (Å²) in [6, 6.07) is -0.269. The van der Waals surface area contributed by atoms with Crippen molar-refractivity contribution in [3.8, 4) is 0 Å². The smallest absolute Gasteiger partial charge is 0.219 e. The molecule has 0 spiro atoms. The van der Waals surface area contributed by atoms with Crippen LogP contribution >= 0.6 is 0 Å². The zero-order valence-corrected chi connectivity index (χ0v) is 5.56. The molecule has 2 bridgehead atoms. The minimum Gasteiger partial charge on any atom is -0.264 e. The molecule has 0 aromatic rings. The van der Waals surface area contributed by atoms with Crippen LogP contribution in [0.1, 0.15) is 12.8 Å². The number of nitrogens with zero attached hydrogens (tertiary/aromatic N) is 1.